The topological polar surface area (TPSA) is 35.6 Å². The maximum Gasteiger partial charge on any atom is 0.321 e. The normalized spacial score (nSPS) is 15.2. The summed E-state index contributed by atoms with van der Waals surface area (Å²) < 4.78 is 0. The molecule has 1 N–H and O–H groups in total. The van der Waals surface area contributed by atoms with Gasteiger partial charge in [-0.15, -0.1) is 0 Å². The number of carbonyl (C=O) groups is 1. The van der Waals surface area contributed by atoms with Crippen LogP contribution in [-0.4, -0.2) is 42.0 Å². The number of hydrogen-bond acceptors (Lipinski definition) is 2. The van der Waals surface area contributed by atoms with Gasteiger partial charge in [0.25, 0.3) is 0 Å². The van der Waals surface area contributed by atoms with Crippen LogP contribution in [0, 0.1) is 0 Å². The van der Waals surface area contributed by atoms with Crippen molar-refractivity contribution in [3.8, 4) is 0 Å². The number of nitrogens with one attached hydrogen (secondary N) is 1. The van der Waals surface area contributed by atoms with E-state index in [1.165, 1.54) is 11.1 Å². The Hall–Kier alpha value is -2.33. The minimum atomic E-state index is 0.00241. The molecule has 4 heteroatoms. The molecule has 0 unspecified atom stereocenters. The maximum atomic E-state index is 12.4. The first-order chi connectivity index (χ1) is 12.2. The zero-order valence-corrected chi connectivity index (χ0v) is 14.9. The SMILES string of the molecule is CCCc1ccc(NC(=O)N2CCN(Cc3ccccc3)CC2)cc1. The van der Waals surface area contributed by atoms with Gasteiger partial charge in [-0.2, -0.15) is 0 Å². The molecule has 25 heavy (non-hydrogen) atoms. The van der Waals surface area contributed by atoms with Crippen molar-refractivity contribution >= 4 is 11.7 Å². The van der Waals surface area contributed by atoms with Gasteiger partial charge < -0.3 is 10.2 Å². The molecule has 2 aromatic carbocycles. The number of anilines is 1. The highest BCUT2D eigenvalue weighted by atomic mass is 16.2. The number of piperazine rings is 1. The molecule has 1 fully saturated rings. The monoisotopic (exact) mass is 337 g/mol. The maximum absolute atomic E-state index is 12.4. The quantitative estimate of drug-likeness (QED) is 0.895. The zero-order valence-electron chi connectivity index (χ0n) is 14.9. The van der Waals surface area contributed by atoms with Gasteiger partial charge in [0.2, 0.25) is 0 Å². The van der Waals surface area contributed by atoms with Crippen molar-refractivity contribution in [3.63, 3.8) is 0 Å². The lowest BCUT2D eigenvalue weighted by Crippen LogP contribution is -2.49. The van der Waals surface area contributed by atoms with Crippen molar-refractivity contribution < 1.29 is 4.79 Å². The van der Waals surface area contributed by atoms with Crippen molar-refractivity contribution in [2.45, 2.75) is 26.3 Å². The van der Waals surface area contributed by atoms with E-state index in [4.69, 9.17) is 0 Å². The number of amides is 2. The molecule has 3 rings (SSSR count). The molecule has 1 heterocycles. The van der Waals surface area contributed by atoms with Crippen LogP contribution in [0.1, 0.15) is 24.5 Å². The molecule has 1 saturated heterocycles. The van der Waals surface area contributed by atoms with Gasteiger partial charge in [-0.1, -0.05) is 55.8 Å². The molecule has 132 valence electrons. The van der Waals surface area contributed by atoms with E-state index >= 15 is 0 Å². The summed E-state index contributed by atoms with van der Waals surface area (Å²) in [5, 5.41) is 3.01. The summed E-state index contributed by atoms with van der Waals surface area (Å²) in [7, 11) is 0. The van der Waals surface area contributed by atoms with Gasteiger partial charge in [0.1, 0.15) is 0 Å². The van der Waals surface area contributed by atoms with Crippen LogP contribution >= 0.6 is 0 Å². The first-order valence-corrected chi connectivity index (χ1v) is 9.16. The average Bonchev–Trinajstić information content (AvgIpc) is 2.65. The fraction of sp³-hybridized carbons (Fsp3) is 0.381. The second kappa shape index (κ2) is 8.67. The minimum absolute atomic E-state index is 0.00241. The van der Waals surface area contributed by atoms with Crippen LogP contribution in [0.2, 0.25) is 0 Å². The lowest BCUT2D eigenvalue weighted by Gasteiger charge is -2.34. The number of hydrogen-bond donors (Lipinski definition) is 1. The molecule has 0 aromatic heterocycles. The van der Waals surface area contributed by atoms with Gasteiger partial charge in [0.05, 0.1) is 0 Å². The van der Waals surface area contributed by atoms with Crippen LogP contribution in [0.5, 0.6) is 0 Å². The average molecular weight is 337 g/mol. The van der Waals surface area contributed by atoms with Crippen LogP contribution in [0.15, 0.2) is 54.6 Å². The van der Waals surface area contributed by atoms with E-state index in [2.05, 4.69) is 53.5 Å². The third-order valence-corrected chi connectivity index (χ3v) is 4.65. The standard InChI is InChI=1S/C21H27N3O/c1-2-6-18-9-11-20(12-10-18)22-21(25)24-15-13-23(14-16-24)17-19-7-4-3-5-8-19/h3-5,7-12H,2,6,13-17H2,1H3,(H,22,25). The van der Waals surface area contributed by atoms with Crippen molar-refractivity contribution in [2.75, 3.05) is 31.5 Å². The zero-order chi connectivity index (χ0) is 17.5. The largest absolute Gasteiger partial charge is 0.322 e. The Morgan fingerprint density at radius 1 is 0.920 bits per heavy atom. The Morgan fingerprint density at radius 3 is 2.24 bits per heavy atom. The molecule has 0 radical (unpaired) electrons. The lowest BCUT2D eigenvalue weighted by molar-refractivity contribution is 0.143. The van der Waals surface area contributed by atoms with E-state index in [-0.39, 0.29) is 6.03 Å². The van der Waals surface area contributed by atoms with Gasteiger partial charge in [-0.05, 0) is 29.7 Å². The molecule has 1 aliphatic heterocycles. The van der Waals surface area contributed by atoms with Gasteiger partial charge in [-0.25, -0.2) is 4.79 Å². The molecule has 4 nitrogen and oxygen atoms in total. The van der Waals surface area contributed by atoms with Gasteiger partial charge >= 0.3 is 6.03 Å². The highest BCUT2D eigenvalue weighted by Crippen LogP contribution is 2.13. The van der Waals surface area contributed by atoms with Crippen molar-refractivity contribution in [1.82, 2.24) is 9.80 Å². The van der Waals surface area contributed by atoms with E-state index in [0.717, 1.165) is 51.3 Å². The predicted octanol–water partition coefficient (Wildman–Crippen LogP) is 3.99. The Balaban J connectivity index is 1.46. The number of carbonyl (C=O) groups excluding carboxylic acids is 1. The Morgan fingerprint density at radius 2 is 1.60 bits per heavy atom. The number of nitrogens with zero attached hydrogens (tertiary/aromatic N) is 2. The lowest BCUT2D eigenvalue weighted by atomic mass is 10.1. The van der Waals surface area contributed by atoms with E-state index < -0.39 is 0 Å². The molecular formula is C21H27N3O. The molecule has 0 atom stereocenters. The van der Waals surface area contributed by atoms with Crippen LogP contribution in [-0.2, 0) is 13.0 Å². The van der Waals surface area contributed by atoms with Crippen molar-refractivity contribution in [3.05, 3.63) is 65.7 Å². The molecule has 0 saturated carbocycles. The summed E-state index contributed by atoms with van der Waals surface area (Å²) in [6.07, 6.45) is 2.22. The Kier molecular flexibility index (Phi) is 6.07. The second-order valence-corrected chi connectivity index (χ2v) is 6.63. The van der Waals surface area contributed by atoms with E-state index in [9.17, 15) is 4.79 Å². The number of rotatable bonds is 5. The van der Waals surface area contributed by atoms with Gasteiger partial charge in [0, 0.05) is 38.4 Å². The number of urea groups is 1. The molecule has 0 spiro atoms. The Labute approximate surface area is 150 Å². The summed E-state index contributed by atoms with van der Waals surface area (Å²) in [5.41, 5.74) is 3.51. The van der Waals surface area contributed by atoms with E-state index in [0.29, 0.717) is 0 Å². The third kappa shape index (κ3) is 5.07. The van der Waals surface area contributed by atoms with Crippen molar-refractivity contribution in [2.24, 2.45) is 0 Å². The van der Waals surface area contributed by atoms with Crippen LogP contribution in [0.25, 0.3) is 0 Å². The smallest absolute Gasteiger partial charge is 0.321 e. The molecule has 1 aliphatic rings. The predicted molar refractivity (Wildman–Crippen MR) is 103 cm³/mol. The fourth-order valence-electron chi connectivity index (χ4n) is 3.20. The summed E-state index contributed by atoms with van der Waals surface area (Å²) in [5.74, 6) is 0. The summed E-state index contributed by atoms with van der Waals surface area (Å²) >= 11 is 0. The fourth-order valence-corrected chi connectivity index (χ4v) is 3.20. The molecule has 0 aliphatic carbocycles. The minimum Gasteiger partial charge on any atom is -0.322 e. The van der Waals surface area contributed by atoms with E-state index in [1.807, 2.05) is 23.1 Å². The summed E-state index contributed by atoms with van der Waals surface area (Å²) in [6, 6.07) is 18.7. The van der Waals surface area contributed by atoms with Gasteiger partial charge in [-0.3, -0.25) is 4.90 Å². The van der Waals surface area contributed by atoms with Crippen molar-refractivity contribution in [1.29, 1.82) is 0 Å². The highest BCUT2D eigenvalue weighted by Gasteiger charge is 2.21. The summed E-state index contributed by atoms with van der Waals surface area (Å²) in [4.78, 5) is 16.7. The summed E-state index contributed by atoms with van der Waals surface area (Å²) in [6.45, 7) is 6.50. The number of benzene rings is 2. The highest BCUT2D eigenvalue weighted by molar-refractivity contribution is 5.89. The van der Waals surface area contributed by atoms with Crippen LogP contribution in [0.4, 0.5) is 10.5 Å². The Bertz CT molecular complexity index is 661. The van der Waals surface area contributed by atoms with E-state index in [1.54, 1.807) is 0 Å². The molecule has 0 bridgehead atoms. The first-order valence-electron chi connectivity index (χ1n) is 9.16. The van der Waals surface area contributed by atoms with Crippen LogP contribution in [0.3, 0.4) is 0 Å². The first kappa shape index (κ1) is 17.5. The molecular weight excluding hydrogens is 310 g/mol. The molecule has 2 aromatic rings. The van der Waals surface area contributed by atoms with Gasteiger partial charge in [0.15, 0.2) is 0 Å². The van der Waals surface area contributed by atoms with Crippen LogP contribution < -0.4 is 5.32 Å². The second-order valence-electron chi connectivity index (χ2n) is 6.63. The molecule has 2 amide bonds. The third-order valence-electron chi connectivity index (χ3n) is 4.65. The number of aryl methyl sites for hydroxylation is 1.